The minimum absolute atomic E-state index is 0. The molecule has 0 bridgehead atoms. The summed E-state index contributed by atoms with van der Waals surface area (Å²) in [6, 6.07) is 42.3. The summed E-state index contributed by atoms with van der Waals surface area (Å²) >= 11 is 0. The Morgan fingerprint density at radius 3 is 1.45 bits per heavy atom. The molecule has 2 N–H and O–H groups in total. The highest BCUT2D eigenvalue weighted by molar-refractivity contribution is 6.14. The molecule has 0 saturated carbocycles. The van der Waals surface area contributed by atoms with Crippen molar-refractivity contribution in [1.29, 1.82) is 0 Å². The van der Waals surface area contributed by atoms with Crippen LogP contribution in [0.5, 0.6) is 0 Å². The highest BCUT2D eigenvalue weighted by atomic mass is 19.1. The zero-order chi connectivity index (χ0) is 57.3. The summed E-state index contributed by atoms with van der Waals surface area (Å²) in [7, 11) is 0. The van der Waals surface area contributed by atoms with Crippen LogP contribution in [0.3, 0.4) is 0 Å². The topological polar surface area (TPSA) is 181 Å². The molecule has 13 rings (SSSR count). The number of halogens is 2. The van der Waals surface area contributed by atoms with Crippen LogP contribution in [-0.4, -0.2) is 99.5 Å². The lowest BCUT2D eigenvalue weighted by molar-refractivity contribution is -0.143. The largest absolute Gasteiger partial charge is 0.427 e. The standard InChI is InChI=1S/C37H32FN3O4.C24H24FN3O4.C4H8O.CH4/c1-24-12-19-32(25-13-15-29(38)16-14-25)41(24)33(42)23-40-35(43)37(45-36(40)44)21-20-28-22-30(17-18-31(28)37)39-34(26-8-4-2-5-9-26)27-10-6-3-7-11-27;1-14-2-9-20(15-3-5-17(25)6-4-15)28(14)21(29)13-27-22(30)24(32-23(27)31)11-10-16-12-18(26)7-8-19(16)24;1-2-4-5-3-1;/h2-11,13-18,22,24,32H,12,19-21,23H2,1H3;3-8,12,14,20H,2,9-11,13,26H2,1H3;1-4H2;1H4/t24-,32-,37+;14-,20-,24+;;/m00../s1. The Labute approximate surface area is 482 Å². The highest BCUT2D eigenvalue weighted by Gasteiger charge is 2.60. The van der Waals surface area contributed by atoms with Crippen LogP contribution in [0.1, 0.15) is 129 Å². The molecule has 6 amide bonds. The van der Waals surface area contributed by atoms with Crippen molar-refractivity contribution in [3.05, 3.63) is 202 Å². The van der Waals surface area contributed by atoms with Crippen LogP contribution in [-0.2, 0) is 57.4 Å². The minimum atomic E-state index is -1.45. The molecule has 6 aromatic carbocycles. The number of nitrogen functional groups attached to an aromatic ring is 1. The summed E-state index contributed by atoms with van der Waals surface area (Å²) < 4.78 is 43.3. The predicted molar refractivity (Wildman–Crippen MR) is 308 cm³/mol. The average molecular weight is 1130 g/mol. The molecule has 430 valence electrons. The number of hydrogen-bond donors (Lipinski definition) is 1. The molecule has 0 aromatic heterocycles. The van der Waals surface area contributed by atoms with Gasteiger partial charge < -0.3 is 29.7 Å². The molecule has 83 heavy (non-hydrogen) atoms. The van der Waals surface area contributed by atoms with E-state index in [9.17, 15) is 37.5 Å². The van der Waals surface area contributed by atoms with Crippen LogP contribution in [0.15, 0.2) is 151 Å². The Balaban J connectivity index is 0.000000177. The number of amides is 6. The lowest BCUT2D eigenvalue weighted by atomic mass is 9.94. The molecule has 5 aliphatic heterocycles. The fraction of sp³-hybridized carbons (Fsp3) is 0.348. The van der Waals surface area contributed by atoms with Crippen LogP contribution >= 0.6 is 0 Å². The Morgan fingerprint density at radius 1 is 0.578 bits per heavy atom. The SMILES string of the molecule is C.C1CCOC1.C[C@H]1CC[C@@H](c2ccc(F)cc2)N1C(=O)CN1C(=O)O[C@@]2(CCc3cc(N)ccc32)C1=O.C[C@H]1CC[C@@H](c2ccc(F)cc2)N1C(=O)CN1C(=O)O[C@@]2(CCc3cc(N=C(c4ccccc4)c4ccccc4)ccc32)C1=O. The molecular formula is C66H68F2N6O9. The van der Waals surface area contributed by atoms with Gasteiger partial charge in [-0.15, -0.1) is 0 Å². The van der Waals surface area contributed by atoms with Crippen molar-refractivity contribution in [3.63, 3.8) is 0 Å². The van der Waals surface area contributed by atoms with Crippen molar-refractivity contribution >= 4 is 52.9 Å². The Hall–Kier alpha value is -8.57. The van der Waals surface area contributed by atoms with E-state index in [-0.39, 0.29) is 61.6 Å². The second kappa shape index (κ2) is 24.1. The summed E-state index contributed by atoms with van der Waals surface area (Å²) in [6.07, 6.45) is 5.66. The summed E-state index contributed by atoms with van der Waals surface area (Å²) in [5, 5.41) is 0. The van der Waals surface area contributed by atoms with Gasteiger partial charge in [0.05, 0.1) is 23.5 Å². The highest BCUT2D eigenvalue weighted by Crippen LogP contribution is 2.48. The fourth-order valence-corrected chi connectivity index (χ4v) is 12.8. The van der Waals surface area contributed by atoms with Crippen molar-refractivity contribution in [1.82, 2.24) is 19.6 Å². The maximum absolute atomic E-state index is 13.9. The number of carbonyl (C=O) groups is 6. The normalized spacial score (nSPS) is 23.7. The summed E-state index contributed by atoms with van der Waals surface area (Å²) in [6.45, 7) is 5.09. The number of benzene rings is 6. The number of likely N-dealkylation sites (tertiary alicyclic amines) is 2. The molecular weight excluding hydrogens is 1060 g/mol. The quantitative estimate of drug-likeness (QED) is 0.108. The van der Waals surface area contributed by atoms with Gasteiger partial charge in [0.25, 0.3) is 11.8 Å². The van der Waals surface area contributed by atoms with Crippen molar-refractivity contribution in [2.75, 3.05) is 32.0 Å². The van der Waals surface area contributed by atoms with Gasteiger partial charge in [-0.25, -0.2) is 33.2 Å². The first kappa shape index (κ1) is 57.7. The zero-order valence-corrected chi connectivity index (χ0v) is 45.8. The van der Waals surface area contributed by atoms with Crippen molar-refractivity contribution in [2.24, 2.45) is 4.99 Å². The third-order valence-corrected chi connectivity index (χ3v) is 16.9. The van der Waals surface area contributed by atoms with Gasteiger partial charge >= 0.3 is 12.2 Å². The molecule has 2 aliphatic carbocycles. The number of imide groups is 2. The third-order valence-electron chi connectivity index (χ3n) is 16.9. The van der Waals surface area contributed by atoms with Gasteiger partial charge in [0.15, 0.2) is 0 Å². The Bertz CT molecular complexity index is 3400. The molecule has 15 nitrogen and oxygen atoms in total. The van der Waals surface area contributed by atoms with E-state index >= 15 is 0 Å². The van der Waals surface area contributed by atoms with E-state index in [1.165, 1.54) is 37.1 Å². The van der Waals surface area contributed by atoms with Crippen LogP contribution in [0.2, 0.25) is 0 Å². The Kier molecular flexibility index (Phi) is 16.7. The minimum Gasteiger partial charge on any atom is -0.427 e. The van der Waals surface area contributed by atoms with Crippen LogP contribution in [0.4, 0.5) is 29.7 Å². The van der Waals surface area contributed by atoms with E-state index in [2.05, 4.69) is 0 Å². The number of aliphatic imine (C=N–C) groups is 1. The van der Waals surface area contributed by atoms with Crippen LogP contribution < -0.4 is 5.73 Å². The predicted octanol–water partition coefficient (Wildman–Crippen LogP) is 11.6. The van der Waals surface area contributed by atoms with Gasteiger partial charge in [-0.3, -0.25) is 19.2 Å². The summed E-state index contributed by atoms with van der Waals surface area (Å²) in [4.78, 5) is 90.3. The van der Waals surface area contributed by atoms with Gasteiger partial charge in [0, 0.05) is 66.1 Å². The van der Waals surface area contributed by atoms with Gasteiger partial charge in [-0.2, -0.15) is 0 Å². The smallest absolute Gasteiger partial charge is 0.418 e. The number of aryl methyl sites for hydroxylation is 2. The van der Waals surface area contributed by atoms with E-state index in [4.69, 9.17) is 24.9 Å². The number of rotatable bonds is 9. The maximum atomic E-state index is 13.9. The second-order valence-electron chi connectivity index (χ2n) is 22.0. The molecule has 5 heterocycles. The first-order valence-electron chi connectivity index (χ1n) is 28.2. The number of carbonyl (C=O) groups excluding carboxylic acids is 6. The molecule has 7 aliphatic rings. The number of nitrogens with two attached hydrogens (primary N) is 1. The number of anilines is 1. The Morgan fingerprint density at radius 2 is 1.01 bits per heavy atom. The van der Waals surface area contributed by atoms with Gasteiger partial charge in [0.1, 0.15) is 24.7 Å². The van der Waals surface area contributed by atoms with Gasteiger partial charge in [0.2, 0.25) is 23.0 Å². The zero-order valence-electron chi connectivity index (χ0n) is 45.8. The molecule has 0 radical (unpaired) electrons. The monoisotopic (exact) mass is 1130 g/mol. The van der Waals surface area contributed by atoms with E-state index in [0.29, 0.717) is 42.5 Å². The molecule has 17 heteroatoms. The maximum Gasteiger partial charge on any atom is 0.418 e. The first-order valence-corrected chi connectivity index (χ1v) is 28.2. The molecule has 5 saturated heterocycles. The molecule has 2 spiro atoms. The fourth-order valence-electron chi connectivity index (χ4n) is 12.8. The van der Waals surface area contributed by atoms with Gasteiger partial charge in [-0.05, 0) is 136 Å². The summed E-state index contributed by atoms with van der Waals surface area (Å²) in [5.74, 6) is -2.38. The number of fused-ring (bicyclic) bond motifs is 4. The first-order chi connectivity index (χ1) is 39.6. The van der Waals surface area contributed by atoms with E-state index in [0.717, 1.165) is 93.5 Å². The lowest BCUT2D eigenvalue weighted by Gasteiger charge is -2.30. The van der Waals surface area contributed by atoms with Crippen LogP contribution in [0.25, 0.3) is 0 Å². The lowest BCUT2D eigenvalue weighted by Crippen LogP contribution is -2.46. The molecule has 0 unspecified atom stereocenters. The van der Waals surface area contributed by atoms with Crippen LogP contribution in [0, 0.1) is 11.6 Å². The van der Waals surface area contributed by atoms with Gasteiger partial charge in [-0.1, -0.05) is 104 Å². The number of hydrogen-bond acceptors (Lipinski definition) is 11. The number of nitrogens with zero attached hydrogens (tertiary/aromatic N) is 5. The second-order valence-corrected chi connectivity index (χ2v) is 22.0. The summed E-state index contributed by atoms with van der Waals surface area (Å²) in [5.41, 5.74) is 11.8. The molecule has 6 atom stereocenters. The van der Waals surface area contributed by atoms with E-state index < -0.39 is 41.7 Å². The van der Waals surface area contributed by atoms with E-state index in [1.807, 2.05) is 92.7 Å². The molecule has 5 fully saturated rings. The average Bonchev–Trinajstić information content (AvgIpc) is 2.40. The number of ether oxygens (including phenoxy) is 3. The van der Waals surface area contributed by atoms with E-state index in [1.54, 1.807) is 52.3 Å². The van der Waals surface area contributed by atoms with Crippen molar-refractivity contribution < 1.29 is 51.8 Å². The van der Waals surface area contributed by atoms with Crippen molar-refractivity contribution in [2.45, 2.75) is 121 Å². The third kappa shape index (κ3) is 11.3. The van der Waals surface area contributed by atoms with Crippen molar-refractivity contribution in [3.8, 4) is 0 Å². The molecule has 6 aromatic rings.